The van der Waals surface area contributed by atoms with Crippen LogP contribution in [0, 0.1) is 0 Å². The van der Waals surface area contributed by atoms with Crippen LogP contribution in [0.5, 0.6) is 11.5 Å². The summed E-state index contributed by atoms with van der Waals surface area (Å²) < 4.78 is 66.7. The van der Waals surface area contributed by atoms with Gasteiger partial charge in [-0.05, 0) is 52.2 Å². The molecule has 0 heterocycles. The van der Waals surface area contributed by atoms with Gasteiger partial charge >= 0.3 is 6.36 Å². The molecule has 0 unspecified atom stereocenters. The fourth-order valence-electron chi connectivity index (χ4n) is 3.84. The third-order valence-corrected chi connectivity index (χ3v) is 7.37. The molecule has 0 saturated heterocycles. The maximum Gasteiger partial charge on any atom is 0.573 e. The number of hydrogen-bond donors (Lipinski definition) is 2. The van der Waals surface area contributed by atoms with Gasteiger partial charge in [-0.15, -0.1) is 13.2 Å². The van der Waals surface area contributed by atoms with Gasteiger partial charge in [-0.3, -0.25) is 4.79 Å². The summed E-state index contributed by atoms with van der Waals surface area (Å²) in [6, 6.07) is 19.1. The third kappa shape index (κ3) is 7.49. The van der Waals surface area contributed by atoms with Crippen LogP contribution in [0.4, 0.5) is 13.2 Å². The van der Waals surface area contributed by atoms with Gasteiger partial charge in [0.1, 0.15) is 11.5 Å². The van der Waals surface area contributed by atoms with Crippen molar-refractivity contribution in [2.45, 2.75) is 17.9 Å². The van der Waals surface area contributed by atoms with Crippen LogP contribution in [-0.2, 0) is 21.3 Å². The summed E-state index contributed by atoms with van der Waals surface area (Å²) in [4.78, 5) is 12.3. The van der Waals surface area contributed by atoms with E-state index in [2.05, 4.69) is 15.3 Å². The van der Waals surface area contributed by atoms with Gasteiger partial charge in [-0.2, -0.15) is 5.10 Å². The normalized spacial score (nSPS) is 12.1. The molecule has 4 aromatic carbocycles. The number of hydrogen-bond acceptors (Lipinski definition) is 6. The van der Waals surface area contributed by atoms with E-state index in [1.807, 2.05) is 0 Å². The summed E-state index contributed by atoms with van der Waals surface area (Å²) in [5.74, 6) is -1.80. The molecule has 1 amide bonds. The topological polar surface area (TPSA) is 105 Å². The lowest BCUT2D eigenvalue weighted by atomic mass is 10.0. The van der Waals surface area contributed by atoms with Crippen LogP contribution < -0.4 is 10.2 Å². The lowest BCUT2D eigenvalue weighted by molar-refractivity contribution is -0.274. The number of hydrazone groups is 1. The molecule has 12 heteroatoms. The molecule has 0 aliphatic rings. The summed E-state index contributed by atoms with van der Waals surface area (Å²) in [6.45, 7) is 0. The van der Waals surface area contributed by atoms with Gasteiger partial charge in [0.05, 0.1) is 22.7 Å². The molecule has 0 radical (unpaired) electrons. The molecular formula is C27H20ClF3N2O5S. The fraction of sp³-hybridized carbons (Fsp3) is 0.111. The molecule has 202 valence electrons. The van der Waals surface area contributed by atoms with E-state index in [1.54, 1.807) is 36.4 Å². The monoisotopic (exact) mass is 576 g/mol. The maximum atomic E-state index is 12.9. The SMILES string of the molecule is O=C(N/N=C/c1cccc2c(CS(=O)(=O)Cc3ccc(OC(F)(F)F)cc3)cccc12)c1ccc(O)c(Cl)c1. The number of ether oxygens (including phenoxy) is 1. The van der Waals surface area contributed by atoms with Crippen LogP contribution in [0.3, 0.4) is 0 Å². The number of nitrogens with zero attached hydrogens (tertiary/aromatic N) is 1. The Kier molecular flexibility index (Phi) is 8.12. The van der Waals surface area contributed by atoms with E-state index in [1.165, 1.54) is 36.5 Å². The number of phenols is 1. The van der Waals surface area contributed by atoms with Gasteiger partial charge in [0, 0.05) is 11.1 Å². The highest BCUT2D eigenvalue weighted by Crippen LogP contribution is 2.27. The number of sulfone groups is 1. The highest BCUT2D eigenvalue weighted by molar-refractivity contribution is 7.89. The Labute approximate surface area is 226 Å². The number of carbonyl (C=O) groups is 1. The zero-order chi connectivity index (χ0) is 28.2. The zero-order valence-corrected chi connectivity index (χ0v) is 21.5. The van der Waals surface area contributed by atoms with Gasteiger partial charge in [-0.1, -0.05) is 60.1 Å². The van der Waals surface area contributed by atoms with Gasteiger partial charge < -0.3 is 9.84 Å². The van der Waals surface area contributed by atoms with Gasteiger partial charge in [-0.25, -0.2) is 13.8 Å². The van der Waals surface area contributed by atoms with Crippen molar-refractivity contribution >= 4 is 44.3 Å². The number of phenolic OH excluding ortho intramolecular Hbond substituents is 1. The number of halogens is 4. The zero-order valence-electron chi connectivity index (χ0n) is 19.9. The number of alkyl halides is 3. The molecule has 4 rings (SSSR count). The highest BCUT2D eigenvalue weighted by atomic mass is 35.5. The molecule has 0 aromatic heterocycles. The summed E-state index contributed by atoms with van der Waals surface area (Å²) >= 11 is 5.83. The molecule has 0 bridgehead atoms. The molecule has 0 fully saturated rings. The number of amides is 1. The van der Waals surface area contributed by atoms with Gasteiger partial charge in [0.2, 0.25) is 0 Å². The van der Waals surface area contributed by atoms with Crippen molar-refractivity contribution in [1.82, 2.24) is 5.43 Å². The Balaban J connectivity index is 1.49. The van der Waals surface area contributed by atoms with E-state index in [9.17, 15) is 31.5 Å². The predicted octanol–water partition coefficient (Wildman–Crippen LogP) is 5.98. The van der Waals surface area contributed by atoms with E-state index in [-0.39, 0.29) is 27.8 Å². The Morgan fingerprint density at radius 1 is 0.974 bits per heavy atom. The Bertz CT molecular complexity index is 1660. The van der Waals surface area contributed by atoms with E-state index in [0.717, 1.165) is 12.1 Å². The third-order valence-electron chi connectivity index (χ3n) is 5.54. The minimum atomic E-state index is -4.84. The van der Waals surface area contributed by atoms with Crippen LogP contribution in [0.2, 0.25) is 5.02 Å². The molecule has 7 nitrogen and oxygen atoms in total. The first kappa shape index (κ1) is 27.9. The molecule has 2 N–H and O–H groups in total. The van der Waals surface area contributed by atoms with Crippen LogP contribution >= 0.6 is 11.6 Å². The van der Waals surface area contributed by atoms with Gasteiger partial charge in [0.25, 0.3) is 5.91 Å². The van der Waals surface area contributed by atoms with Crippen molar-refractivity contribution in [3.63, 3.8) is 0 Å². The lowest BCUT2D eigenvalue weighted by Crippen LogP contribution is -2.17. The van der Waals surface area contributed by atoms with E-state index in [0.29, 0.717) is 27.5 Å². The van der Waals surface area contributed by atoms with Crippen molar-refractivity contribution in [3.05, 3.63) is 106 Å². The largest absolute Gasteiger partial charge is 0.573 e. The first-order valence-corrected chi connectivity index (χ1v) is 13.5. The second kappa shape index (κ2) is 11.3. The number of fused-ring (bicyclic) bond motifs is 1. The van der Waals surface area contributed by atoms with Crippen molar-refractivity contribution in [2.75, 3.05) is 0 Å². The molecule has 0 aliphatic heterocycles. The summed E-state index contributed by atoms with van der Waals surface area (Å²) in [7, 11) is -3.69. The van der Waals surface area contributed by atoms with Crippen molar-refractivity contribution in [3.8, 4) is 11.5 Å². The van der Waals surface area contributed by atoms with Crippen LogP contribution in [0.1, 0.15) is 27.0 Å². The minimum absolute atomic E-state index is 0.0237. The molecule has 0 aliphatic carbocycles. The van der Waals surface area contributed by atoms with E-state index >= 15 is 0 Å². The van der Waals surface area contributed by atoms with Crippen molar-refractivity contribution in [2.24, 2.45) is 5.10 Å². The first-order valence-electron chi connectivity index (χ1n) is 11.3. The second-order valence-electron chi connectivity index (χ2n) is 8.45. The number of rotatable bonds is 8. The smallest absolute Gasteiger partial charge is 0.506 e. The summed E-state index contributed by atoms with van der Waals surface area (Å²) in [5.41, 5.74) is 4.05. The van der Waals surface area contributed by atoms with Crippen LogP contribution in [-0.4, -0.2) is 32.0 Å². The number of nitrogens with one attached hydrogen (secondary N) is 1. The van der Waals surface area contributed by atoms with Crippen LogP contribution in [0.15, 0.2) is 84.0 Å². The second-order valence-corrected chi connectivity index (χ2v) is 10.9. The molecule has 0 saturated carbocycles. The summed E-state index contributed by atoms with van der Waals surface area (Å²) in [6.07, 6.45) is -3.41. The van der Waals surface area contributed by atoms with E-state index < -0.39 is 27.9 Å². The number of aromatic hydroxyl groups is 1. The summed E-state index contributed by atoms with van der Waals surface area (Å²) in [5, 5.41) is 14.9. The average Bonchev–Trinajstić information content (AvgIpc) is 2.86. The lowest BCUT2D eigenvalue weighted by Gasteiger charge is -2.11. The number of benzene rings is 4. The molecule has 4 aromatic rings. The molecular weight excluding hydrogens is 557 g/mol. The highest BCUT2D eigenvalue weighted by Gasteiger charge is 2.31. The quantitative estimate of drug-likeness (QED) is 0.198. The maximum absolute atomic E-state index is 12.9. The van der Waals surface area contributed by atoms with Crippen LogP contribution in [0.25, 0.3) is 10.8 Å². The first-order chi connectivity index (χ1) is 18.4. The number of carbonyl (C=O) groups excluding carboxylic acids is 1. The Morgan fingerprint density at radius 2 is 1.67 bits per heavy atom. The van der Waals surface area contributed by atoms with Crippen molar-refractivity contribution in [1.29, 1.82) is 0 Å². The van der Waals surface area contributed by atoms with Gasteiger partial charge in [0.15, 0.2) is 9.84 Å². The molecule has 0 spiro atoms. The fourth-order valence-corrected chi connectivity index (χ4v) is 5.55. The van der Waals surface area contributed by atoms with Crippen molar-refractivity contribution < 1.29 is 36.2 Å². The van der Waals surface area contributed by atoms with E-state index in [4.69, 9.17) is 11.6 Å². The minimum Gasteiger partial charge on any atom is -0.506 e. The Hall–Kier alpha value is -4.09. The molecule has 0 atom stereocenters. The predicted molar refractivity (Wildman–Crippen MR) is 142 cm³/mol. The Morgan fingerprint density at radius 3 is 2.36 bits per heavy atom. The average molecular weight is 577 g/mol. The molecule has 39 heavy (non-hydrogen) atoms. The standard InChI is InChI=1S/C27H20ClF3N2O5S/c28-24-13-18(9-12-25(24)34)26(35)33-32-14-19-3-1-6-23-20(4-2-5-22(19)23)16-39(36,37)15-17-7-10-21(11-8-17)38-27(29,30)31/h1-14,34H,15-16H2,(H,33,35)/b32-14+.